The van der Waals surface area contributed by atoms with Crippen LogP contribution in [0, 0.1) is 0 Å². The number of rotatable bonds is 4. The van der Waals surface area contributed by atoms with Gasteiger partial charge in [0.1, 0.15) is 5.69 Å². The Kier molecular flexibility index (Phi) is 3.62. The lowest BCUT2D eigenvalue weighted by Crippen LogP contribution is -2.09. The molecule has 0 unspecified atom stereocenters. The molecule has 1 heterocycles. The van der Waals surface area contributed by atoms with Crippen LogP contribution < -0.4 is 5.73 Å². The summed E-state index contributed by atoms with van der Waals surface area (Å²) < 4.78 is 4.76. The van der Waals surface area contributed by atoms with Gasteiger partial charge in [-0.05, 0) is 12.5 Å². The maximum atomic E-state index is 10.8. The monoisotopic (exact) mass is 204 g/mol. The number of carbonyl (C=O) groups is 1. The van der Waals surface area contributed by atoms with Crippen LogP contribution in [0.1, 0.15) is 23.2 Å². The first-order chi connectivity index (χ1) is 7.19. The third-order valence-electron chi connectivity index (χ3n) is 1.77. The number of nitrogens with zero attached hydrogens (tertiary/aromatic N) is 1. The standard InChI is InChI=1S/C11H12N2O2/c1-3-5-6-8(4-2)9-7-10(11(12)14)15-13-9/h3-7H,1H2,2H3,(H2,12,14)/b6-5-,8-4+. The van der Waals surface area contributed by atoms with Crippen LogP contribution in [0.3, 0.4) is 0 Å². The second-order valence-electron chi connectivity index (χ2n) is 2.78. The van der Waals surface area contributed by atoms with Crippen LogP contribution in [0.4, 0.5) is 0 Å². The second-order valence-corrected chi connectivity index (χ2v) is 2.78. The molecule has 0 aromatic carbocycles. The molecule has 1 aromatic heterocycles. The molecule has 2 N–H and O–H groups in total. The van der Waals surface area contributed by atoms with Gasteiger partial charge in [-0.2, -0.15) is 0 Å². The Morgan fingerprint density at radius 3 is 2.87 bits per heavy atom. The molecular weight excluding hydrogens is 192 g/mol. The summed E-state index contributed by atoms with van der Waals surface area (Å²) in [6.07, 6.45) is 7.09. The SMILES string of the molecule is C=C/C=C\C(=C/C)c1cc(C(N)=O)on1. The Morgan fingerprint density at radius 1 is 1.67 bits per heavy atom. The van der Waals surface area contributed by atoms with E-state index in [-0.39, 0.29) is 5.76 Å². The molecule has 78 valence electrons. The van der Waals surface area contributed by atoms with Crippen LogP contribution >= 0.6 is 0 Å². The predicted octanol–water partition coefficient (Wildman–Crippen LogP) is 1.92. The Morgan fingerprint density at radius 2 is 2.40 bits per heavy atom. The van der Waals surface area contributed by atoms with Crippen LogP contribution in [0.25, 0.3) is 5.57 Å². The number of allylic oxidation sites excluding steroid dienone is 5. The topological polar surface area (TPSA) is 69.1 Å². The highest BCUT2D eigenvalue weighted by Crippen LogP contribution is 2.15. The zero-order valence-electron chi connectivity index (χ0n) is 8.43. The third kappa shape index (κ3) is 2.67. The van der Waals surface area contributed by atoms with Crippen LogP contribution in [-0.2, 0) is 0 Å². The minimum atomic E-state index is -0.628. The van der Waals surface area contributed by atoms with Crippen molar-refractivity contribution in [2.75, 3.05) is 0 Å². The van der Waals surface area contributed by atoms with Gasteiger partial charge in [0.05, 0.1) is 0 Å². The molecule has 1 rings (SSSR count). The Balaban J connectivity index is 2.98. The number of nitrogens with two attached hydrogens (primary N) is 1. The fourth-order valence-electron chi connectivity index (χ4n) is 1.03. The molecule has 0 aliphatic heterocycles. The second kappa shape index (κ2) is 4.95. The lowest BCUT2D eigenvalue weighted by Gasteiger charge is -1.91. The quantitative estimate of drug-likeness (QED) is 0.762. The fraction of sp³-hybridized carbons (Fsp3) is 0.0909. The largest absolute Gasteiger partial charge is 0.363 e. The van der Waals surface area contributed by atoms with Crippen molar-refractivity contribution in [2.45, 2.75) is 6.92 Å². The summed E-state index contributed by atoms with van der Waals surface area (Å²) in [6.45, 7) is 5.42. The first kappa shape index (κ1) is 11.0. The minimum absolute atomic E-state index is 0.0522. The normalized spacial score (nSPS) is 11.9. The van der Waals surface area contributed by atoms with Gasteiger partial charge in [0, 0.05) is 6.07 Å². The highest BCUT2D eigenvalue weighted by Gasteiger charge is 2.10. The molecular formula is C11H12N2O2. The Bertz CT molecular complexity index is 428. The van der Waals surface area contributed by atoms with Gasteiger partial charge >= 0.3 is 0 Å². The van der Waals surface area contributed by atoms with Crippen LogP contribution in [0.5, 0.6) is 0 Å². The molecule has 4 heteroatoms. The van der Waals surface area contributed by atoms with Crippen LogP contribution in [0.2, 0.25) is 0 Å². The molecule has 0 aliphatic carbocycles. The first-order valence-electron chi connectivity index (χ1n) is 4.41. The predicted molar refractivity (Wildman–Crippen MR) is 58.0 cm³/mol. The van der Waals surface area contributed by atoms with E-state index in [4.69, 9.17) is 10.3 Å². The molecule has 0 fully saturated rings. The average Bonchev–Trinajstić information content (AvgIpc) is 2.68. The molecule has 0 aliphatic rings. The van der Waals surface area contributed by atoms with Crippen molar-refractivity contribution in [3.63, 3.8) is 0 Å². The van der Waals surface area contributed by atoms with Gasteiger partial charge in [0.15, 0.2) is 0 Å². The molecule has 0 saturated carbocycles. The summed E-state index contributed by atoms with van der Waals surface area (Å²) >= 11 is 0. The van der Waals surface area contributed by atoms with Gasteiger partial charge in [0.2, 0.25) is 5.76 Å². The first-order valence-corrected chi connectivity index (χ1v) is 4.41. The molecule has 1 aromatic rings. The molecule has 4 nitrogen and oxygen atoms in total. The van der Waals surface area contributed by atoms with Gasteiger partial charge in [-0.15, -0.1) is 0 Å². The van der Waals surface area contributed by atoms with Crippen molar-refractivity contribution >= 4 is 11.5 Å². The molecule has 0 bridgehead atoms. The van der Waals surface area contributed by atoms with Gasteiger partial charge in [-0.3, -0.25) is 4.79 Å². The van der Waals surface area contributed by atoms with Crippen LogP contribution in [-0.4, -0.2) is 11.1 Å². The Hall–Kier alpha value is -2.10. The summed E-state index contributed by atoms with van der Waals surface area (Å²) in [5.41, 5.74) is 6.46. The number of carbonyl (C=O) groups excluding carboxylic acids is 1. The van der Waals surface area contributed by atoms with E-state index >= 15 is 0 Å². The number of hydrogen-bond donors (Lipinski definition) is 1. The Labute approximate surface area is 87.7 Å². The summed E-state index contributed by atoms with van der Waals surface area (Å²) in [5.74, 6) is -0.576. The van der Waals surface area contributed by atoms with Crippen molar-refractivity contribution < 1.29 is 9.32 Å². The molecule has 0 saturated heterocycles. The summed E-state index contributed by atoms with van der Waals surface area (Å²) in [4.78, 5) is 10.8. The number of aromatic nitrogens is 1. The van der Waals surface area contributed by atoms with E-state index in [1.165, 1.54) is 6.07 Å². The highest BCUT2D eigenvalue weighted by molar-refractivity contribution is 5.90. The third-order valence-corrected chi connectivity index (χ3v) is 1.77. The smallest absolute Gasteiger partial charge is 0.287 e. The van der Waals surface area contributed by atoms with Crippen molar-refractivity contribution in [2.24, 2.45) is 5.73 Å². The molecule has 0 spiro atoms. The van der Waals surface area contributed by atoms with E-state index in [2.05, 4.69) is 11.7 Å². The average molecular weight is 204 g/mol. The molecule has 0 atom stereocenters. The van der Waals surface area contributed by atoms with E-state index < -0.39 is 5.91 Å². The van der Waals surface area contributed by atoms with Crippen molar-refractivity contribution in [3.8, 4) is 0 Å². The van der Waals surface area contributed by atoms with E-state index in [9.17, 15) is 4.79 Å². The molecule has 0 radical (unpaired) electrons. The maximum absolute atomic E-state index is 10.8. The van der Waals surface area contributed by atoms with E-state index in [1.54, 1.807) is 12.2 Å². The van der Waals surface area contributed by atoms with Gasteiger partial charge in [0.25, 0.3) is 5.91 Å². The molecule has 1 amide bonds. The molecule has 15 heavy (non-hydrogen) atoms. The minimum Gasteiger partial charge on any atom is -0.363 e. The zero-order chi connectivity index (χ0) is 11.3. The van der Waals surface area contributed by atoms with Gasteiger partial charge in [-0.1, -0.05) is 36.0 Å². The fourth-order valence-corrected chi connectivity index (χ4v) is 1.03. The van der Waals surface area contributed by atoms with Crippen molar-refractivity contribution in [1.29, 1.82) is 0 Å². The number of primary amides is 1. The number of hydrogen-bond acceptors (Lipinski definition) is 3. The summed E-state index contributed by atoms with van der Waals surface area (Å²) in [6, 6.07) is 1.51. The van der Waals surface area contributed by atoms with Crippen LogP contribution in [0.15, 0.2) is 41.5 Å². The summed E-state index contributed by atoms with van der Waals surface area (Å²) in [7, 11) is 0. The highest BCUT2D eigenvalue weighted by atomic mass is 16.5. The lowest BCUT2D eigenvalue weighted by atomic mass is 10.1. The van der Waals surface area contributed by atoms with Gasteiger partial charge < -0.3 is 10.3 Å². The van der Waals surface area contributed by atoms with E-state index in [0.29, 0.717) is 5.69 Å². The van der Waals surface area contributed by atoms with Crippen molar-refractivity contribution in [3.05, 3.63) is 48.4 Å². The summed E-state index contributed by atoms with van der Waals surface area (Å²) in [5, 5.41) is 3.73. The maximum Gasteiger partial charge on any atom is 0.287 e. The van der Waals surface area contributed by atoms with E-state index in [1.807, 2.05) is 19.1 Å². The van der Waals surface area contributed by atoms with E-state index in [0.717, 1.165) is 5.57 Å². The zero-order valence-corrected chi connectivity index (χ0v) is 8.43. The van der Waals surface area contributed by atoms with Gasteiger partial charge in [-0.25, -0.2) is 0 Å². The van der Waals surface area contributed by atoms with Crippen molar-refractivity contribution in [1.82, 2.24) is 5.16 Å². The number of amides is 1. The lowest BCUT2D eigenvalue weighted by molar-refractivity contribution is 0.0965.